The Labute approximate surface area is 103 Å². The van der Waals surface area contributed by atoms with Crippen molar-refractivity contribution in [2.45, 2.75) is 30.1 Å². The normalized spacial score (nSPS) is 26.5. The summed E-state index contributed by atoms with van der Waals surface area (Å²) in [5, 5.41) is 9.78. The maximum atomic E-state index is 12.2. The molecule has 1 aliphatic rings. The lowest BCUT2D eigenvalue weighted by Gasteiger charge is -2.18. The van der Waals surface area contributed by atoms with Crippen molar-refractivity contribution in [3.05, 3.63) is 15.4 Å². The van der Waals surface area contributed by atoms with Crippen LogP contribution in [0.5, 0.6) is 0 Å². The van der Waals surface area contributed by atoms with Crippen LogP contribution in [-0.4, -0.2) is 41.5 Å². The summed E-state index contributed by atoms with van der Waals surface area (Å²) in [6.07, 6.45) is 0.407. The molecule has 1 aromatic heterocycles. The average Bonchev–Trinajstić information content (AvgIpc) is 2.69. The number of sulfonamides is 1. The Morgan fingerprint density at radius 1 is 1.53 bits per heavy atom. The highest BCUT2D eigenvalue weighted by molar-refractivity contribution is 7.91. The lowest BCUT2D eigenvalue weighted by Crippen LogP contribution is -2.33. The van der Waals surface area contributed by atoms with Crippen molar-refractivity contribution < 1.29 is 13.5 Å². The zero-order valence-corrected chi connectivity index (χ0v) is 11.2. The summed E-state index contributed by atoms with van der Waals surface area (Å²) in [5.74, 6) is 0. The van der Waals surface area contributed by atoms with Gasteiger partial charge in [-0.25, -0.2) is 8.42 Å². The minimum absolute atomic E-state index is 0.0419. The Hall–Kier alpha value is -0.700. The number of aliphatic hydroxyl groups is 1. The SMILES string of the molecule is Cc1[nH]c(=O)sc1S(=O)(=O)N1CCC(C)(O)C1. The molecule has 0 radical (unpaired) electrons. The summed E-state index contributed by atoms with van der Waals surface area (Å²) < 4.78 is 25.7. The largest absolute Gasteiger partial charge is 0.389 e. The van der Waals surface area contributed by atoms with E-state index in [2.05, 4.69) is 4.98 Å². The van der Waals surface area contributed by atoms with Crippen LogP contribution in [-0.2, 0) is 10.0 Å². The van der Waals surface area contributed by atoms with Gasteiger partial charge in [0.1, 0.15) is 0 Å². The predicted molar refractivity (Wildman–Crippen MR) is 63.7 cm³/mol. The van der Waals surface area contributed by atoms with E-state index in [-0.39, 0.29) is 22.2 Å². The molecule has 96 valence electrons. The molecule has 1 unspecified atom stereocenters. The maximum absolute atomic E-state index is 12.2. The first-order valence-corrected chi connectivity index (χ1v) is 7.40. The summed E-state index contributed by atoms with van der Waals surface area (Å²) in [4.78, 5) is 13.2. The number of aromatic amines is 1. The Morgan fingerprint density at radius 2 is 2.18 bits per heavy atom. The van der Waals surface area contributed by atoms with E-state index in [9.17, 15) is 18.3 Å². The van der Waals surface area contributed by atoms with Crippen molar-refractivity contribution in [2.75, 3.05) is 13.1 Å². The van der Waals surface area contributed by atoms with Crippen LogP contribution in [0.2, 0.25) is 0 Å². The Balaban J connectivity index is 2.39. The van der Waals surface area contributed by atoms with Crippen LogP contribution in [0.4, 0.5) is 0 Å². The molecule has 0 saturated carbocycles. The minimum atomic E-state index is -3.66. The lowest BCUT2D eigenvalue weighted by molar-refractivity contribution is 0.0762. The summed E-state index contributed by atoms with van der Waals surface area (Å²) >= 11 is 0.686. The van der Waals surface area contributed by atoms with E-state index >= 15 is 0 Å². The second-order valence-electron chi connectivity index (χ2n) is 4.51. The van der Waals surface area contributed by atoms with E-state index in [1.807, 2.05) is 0 Å². The van der Waals surface area contributed by atoms with Crippen LogP contribution >= 0.6 is 11.3 Å². The number of thiazole rings is 1. The third-order valence-electron chi connectivity index (χ3n) is 2.77. The molecule has 8 heteroatoms. The van der Waals surface area contributed by atoms with E-state index < -0.39 is 15.6 Å². The first kappa shape index (κ1) is 12.7. The van der Waals surface area contributed by atoms with Crippen molar-refractivity contribution in [1.29, 1.82) is 0 Å². The molecular weight excluding hydrogens is 264 g/mol. The number of nitrogens with one attached hydrogen (secondary N) is 1. The molecular formula is C9H14N2O4S2. The van der Waals surface area contributed by atoms with Gasteiger partial charge in [0.25, 0.3) is 10.0 Å². The van der Waals surface area contributed by atoms with Crippen LogP contribution in [0.25, 0.3) is 0 Å². The quantitative estimate of drug-likeness (QED) is 0.790. The van der Waals surface area contributed by atoms with Gasteiger partial charge in [0, 0.05) is 18.8 Å². The van der Waals surface area contributed by atoms with E-state index in [0.29, 0.717) is 23.5 Å². The molecule has 0 aromatic carbocycles. The number of H-pyrrole nitrogens is 1. The highest BCUT2D eigenvalue weighted by atomic mass is 32.2. The van der Waals surface area contributed by atoms with Gasteiger partial charge in [0.2, 0.25) is 0 Å². The Morgan fingerprint density at radius 3 is 2.59 bits per heavy atom. The molecule has 2 heterocycles. The number of hydrogen-bond acceptors (Lipinski definition) is 5. The minimum Gasteiger partial charge on any atom is -0.389 e. The first-order chi connectivity index (χ1) is 7.72. The molecule has 0 aliphatic carbocycles. The van der Waals surface area contributed by atoms with Crippen molar-refractivity contribution >= 4 is 21.4 Å². The third-order valence-corrected chi connectivity index (χ3v) is 6.20. The van der Waals surface area contributed by atoms with E-state index in [1.165, 1.54) is 4.31 Å². The fourth-order valence-corrected chi connectivity index (χ4v) is 4.86. The third kappa shape index (κ3) is 2.30. The molecule has 1 atom stereocenters. The van der Waals surface area contributed by atoms with Crippen molar-refractivity contribution in [1.82, 2.24) is 9.29 Å². The van der Waals surface area contributed by atoms with Crippen molar-refractivity contribution in [3.8, 4) is 0 Å². The number of nitrogens with zero attached hydrogens (tertiary/aromatic N) is 1. The highest BCUT2D eigenvalue weighted by Crippen LogP contribution is 2.28. The van der Waals surface area contributed by atoms with E-state index in [4.69, 9.17) is 0 Å². The molecule has 2 N–H and O–H groups in total. The second kappa shape index (κ2) is 3.91. The van der Waals surface area contributed by atoms with Gasteiger partial charge in [-0.2, -0.15) is 4.31 Å². The van der Waals surface area contributed by atoms with E-state index in [1.54, 1.807) is 13.8 Å². The van der Waals surface area contributed by atoms with Gasteiger partial charge >= 0.3 is 4.87 Å². The van der Waals surface area contributed by atoms with Gasteiger partial charge < -0.3 is 10.1 Å². The summed E-state index contributed by atoms with van der Waals surface area (Å²) in [7, 11) is -3.66. The summed E-state index contributed by atoms with van der Waals surface area (Å²) in [5.41, 5.74) is -0.631. The molecule has 1 saturated heterocycles. The Bertz CT molecular complexity index is 584. The van der Waals surface area contributed by atoms with Gasteiger partial charge in [-0.15, -0.1) is 0 Å². The van der Waals surface area contributed by atoms with Crippen LogP contribution in [0.15, 0.2) is 9.00 Å². The number of aryl methyl sites for hydroxylation is 1. The topological polar surface area (TPSA) is 90.5 Å². The average molecular weight is 278 g/mol. The van der Waals surface area contributed by atoms with Gasteiger partial charge in [0.05, 0.1) is 5.60 Å². The number of rotatable bonds is 2. The molecule has 2 rings (SSSR count). The van der Waals surface area contributed by atoms with Crippen LogP contribution in [0.1, 0.15) is 19.0 Å². The van der Waals surface area contributed by atoms with Gasteiger partial charge in [-0.3, -0.25) is 4.79 Å². The number of hydrogen-bond donors (Lipinski definition) is 2. The summed E-state index contributed by atoms with van der Waals surface area (Å²) in [6.45, 7) is 3.51. The second-order valence-corrected chi connectivity index (χ2v) is 7.63. The molecule has 1 fully saturated rings. The van der Waals surface area contributed by atoms with Crippen LogP contribution in [0.3, 0.4) is 0 Å². The zero-order valence-electron chi connectivity index (χ0n) is 9.56. The number of aromatic nitrogens is 1. The monoisotopic (exact) mass is 278 g/mol. The molecule has 0 spiro atoms. The standard InChI is InChI=1S/C9H14N2O4S2/c1-6-7(16-8(12)10-6)17(14,15)11-4-3-9(2,13)5-11/h13H,3-5H2,1-2H3,(H,10,12). The highest BCUT2D eigenvalue weighted by Gasteiger charge is 2.39. The predicted octanol–water partition coefficient (Wildman–Crippen LogP) is -0.110. The Kier molecular flexibility index (Phi) is 2.93. The molecule has 1 aliphatic heterocycles. The smallest absolute Gasteiger partial charge is 0.305 e. The molecule has 6 nitrogen and oxygen atoms in total. The van der Waals surface area contributed by atoms with Gasteiger partial charge in [-0.1, -0.05) is 11.3 Å². The fraction of sp³-hybridized carbons (Fsp3) is 0.667. The fourth-order valence-electron chi connectivity index (χ4n) is 1.86. The van der Waals surface area contributed by atoms with Crippen molar-refractivity contribution in [3.63, 3.8) is 0 Å². The maximum Gasteiger partial charge on any atom is 0.305 e. The van der Waals surface area contributed by atoms with Gasteiger partial charge in [-0.05, 0) is 20.3 Å². The molecule has 0 bridgehead atoms. The molecule has 17 heavy (non-hydrogen) atoms. The lowest BCUT2D eigenvalue weighted by atomic mass is 10.1. The summed E-state index contributed by atoms with van der Waals surface area (Å²) in [6, 6.07) is 0. The van der Waals surface area contributed by atoms with Gasteiger partial charge in [0.15, 0.2) is 4.21 Å². The number of β-amino-alcohol motifs (C(OH)–C–C–N with tert-alkyl or cyclic N) is 1. The zero-order chi connectivity index (χ0) is 12.8. The van der Waals surface area contributed by atoms with E-state index in [0.717, 1.165) is 0 Å². The van der Waals surface area contributed by atoms with Crippen LogP contribution < -0.4 is 4.87 Å². The molecule has 0 amide bonds. The molecule has 1 aromatic rings. The first-order valence-electron chi connectivity index (χ1n) is 5.15. The van der Waals surface area contributed by atoms with Crippen molar-refractivity contribution in [2.24, 2.45) is 0 Å². The van der Waals surface area contributed by atoms with Crippen LogP contribution in [0, 0.1) is 6.92 Å².